The molecule has 45 heavy (non-hydrogen) atoms. The first-order valence-corrected chi connectivity index (χ1v) is 16.3. The molecule has 2 N–H and O–H groups in total. The van der Waals surface area contributed by atoms with Gasteiger partial charge in [0.05, 0.1) is 11.7 Å². The van der Waals surface area contributed by atoms with Crippen molar-refractivity contribution in [3.8, 4) is 16.9 Å². The molecule has 0 bridgehead atoms. The Kier molecular flexibility index (Phi) is 6.98. The van der Waals surface area contributed by atoms with Gasteiger partial charge in [-0.15, -0.1) is 0 Å². The van der Waals surface area contributed by atoms with Crippen LogP contribution >= 0.6 is 0 Å². The van der Waals surface area contributed by atoms with E-state index < -0.39 is 12.8 Å². The number of nitrogens with zero attached hydrogens (tertiary/aromatic N) is 5. The Balaban J connectivity index is 1.38. The van der Waals surface area contributed by atoms with Gasteiger partial charge in [0.1, 0.15) is 17.2 Å². The van der Waals surface area contributed by atoms with E-state index in [1.165, 1.54) is 0 Å². The molecule has 1 saturated carbocycles. The number of benzene rings is 2. The largest absolute Gasteiger partial charge is 0.481 e. The molecule has 8 rings (SSSR count). The highest BCUT2D eigenvalue weighted by molar-refractivity contribution is 6.06. The average Bonchev–Trinajstić information content (AvgIpc) is 3.75. The van der Waals surface area contributed by atoms with Gasteiger partial charge in [-0.05, 0) is 106 Å². The summed E-state index contributed by atoms with van der Waals surface area (Å²) in [4.78, 5) is 15.1. The Bertz CT molecular complexity index is 1740. The summed E-state index contributed by atoms with van der Waals surface area (Å²) in [7, 11) is 2.12. The molecule has 1 spiro atoms. The molecule has 11 heteroatoms. The number of hydrogen-bond donors (Lipinski definition) is 2. The SMILES string of the molecule is Cc1ccc2[nH]ncc2c1-c1c(C2CC2)cc2c(N3CCC4(CC3)CNC4)nc(C3CCN(C)CC3)nc2c1OCC(F)(F)F. The number of piperidine rings is 2. The number of nitrogens with one attached hydrogen (secondary N) is 2. The summed E-state index contributed by atoms with van der Waals surface area (Å²) in [5, 5.41) is 12.5. The number of rotatable bonds is 6. The van der Waals surface area contributed by atoms with E-state index in [0.29, 0.717) is 10.9 Å². The topological polar surface area (TPSA) is 82.2 Å². The van der Waals surface area contributed by atoms with Crippen LogP contribution in [-0.4, -0.2) is 84.2 Å². The second-order valence-corrected chi connectivity index (χ2v) is 13.9. The number of ether oxygens (including phenoxy) is 1. The number of hydrogen-bond acceptors (Lipinski definition) is 7. The molecular formula is C34H40F3N7O. The Morgan fingerprint density at radius 1 is 0.956 bits per heavy atom. The van der Waals surface area contributed by atoms with Crippen LogP contribution in [0.15, 0.2) is 24.4 Å². The standard InChI is InChI=1S/C34H40F3N7O/c1-20-3-6-26-25(16-39-42-26)27(20)28-23(21-4-5-21)15-24-29(30(28)45-19-34(35,36)37)40-31(22-7-11-43(2)12-8-22)41-32(24)44-13-9-33(10-14-44)17-38-18-33/h3,6,15-16,21-22,38H,4-5,7-14,17-19H2,1-2H3,(H,39,42). The molecule has 2 aromatic heterocycles. The molecule has 3 saturated heterocycles. The van der Waals surface area contributed by atoms with Gasteiger partial charge in [0.15, 0.2) is 12.4 Å². The van der Waals surface area contributed by atoms with Crippen molar-refractivity contribution in [1.29, 1.82) is 0 Å². The second-order valence-electron chi connectivity index (χ2n) is 13.9. The molecule has 0 unspecified atom stereocenters. The smallest absolute Gasteiger partial charge is 0.422 e. The van der Waals surface area contributed by atoms with Crippen molar-refractivity contribution >= 4 is 27.6 Å². The van der Waals surface area contributed by atoms with Gasteiger partial charge in [0.2, 0.25) is 0 Å². The van der Waals surface area contributed by atoms with Crippen LogP contribution in [0.3, 0.4) is 0 Å². The highest BCUT2D eigenvalue weighted by atomic mass is 19.4. The first-order chi connectivity index (χ1) is 21.7. The molecule has 238 valence electrons. The van der Waals surface area contributed by atoms with E-state index in [4.69, 9.17) is 14.7 Å². The Labute approximate surface area is 260 Å². The number of aromatic nitrogens is 4. The summed E-state index contributed by atoms with van der Waals surface area (Å²) < 4.78 is 47.7. The van der Waals surface area contributed by atoms with Crippen LogP contribution in [0.4, 0.5) is 19.0 Å². The fraction of sp³-hybridized carbons (Fsp3) is 0.559. The van der Waals surface area contributed by atoms with Gasteiger partial charge < -0.3 is 19.9 Å². The Morgan fingerprint density at radius 3 is 2.38 bits per heavy atom. The summed E-state index contributed by atoms with van der Waals surface area (Å²) in [5.41, 5.74) is 5.23. The zero-order valence-corrected chi connectivity index (χ0v) is 25.9. The van der Waals surface area contributed by atoms with E-state index in [1.54, 1.807) is 6.20 Å². The molecule has 0 radical (unpaired) electrons. The van der Waals surface area contributed by atoms with Crippen LogP contribution in [0.2, 0.25) is 0 Å². The lowest BCUT2D eigenvalue weighted by Gasteiger charge is -2.48. The molecular weight excluding hydrogens is 579 g/mol. The average molecular weight is 620 g/mol. The van der Waals surface area contributed by atoms with Crippen LogP contribution in [0.5, 0.6) is 5.75 Å². The van der Waals surface area contributed by atoms with E-state index in [9.17, 15) is 13.2 Å². The number of aromatic amines is 1. The zero-order chi connectivity index (χ0) is 30.9. The monoisotopic (exact) mass is 619 g/mol. The third-order valence-electron chi connectivity index (χ3n) is 10.7. The highest BCUT2D eigenvalue weighted by Gasteiger charge is 2.41. The number of aryl methyl sites for hydroxylation is 1. The van der Waals surface area contributed by atoms with Gasteiger partial charge in [0, 0.05) is 48.4 Å². The summed E-state index contributed by atoms with van der Waals surface area (Å²) in [5.74, 6) is 2.16. The molecule has 2 aromatic carbocycles. The molecule has 5 heterocycles. The maximum atomic E-state index is 13.9. The summed E-state index contributed by atoms with van der Waals surface area (Å²) in [6.07, 6.45) is 3.20. The van der Waals surface area contributed by atoms with Gasteiger partial charge in [-0.2, -0.15) is 18.3 Å². The molecule has 8 nitrogen and oxygen atoms in total. The van der Waals surface area contributed by atoms with Crippen molar-refractivity contribution in [2.24, 2.45) is 5.41 Å². The third-order valence-corrected chi connectivity index (χ3v) is 10.7. The predicted octanol–water partition coefficient (Wildman–Crippen LogP) is 6.30. The van der Waals surface area contributed by atoms with Crippen molar-refractivity contribution < 1.29 is 17.9 Å². The molecule has 4 aromatic rings. The lowest BCUT2D eigenvalue weighted by atomic mass is 9.73. The minimum atomic E-state index is -4.50. The van der Waals surface area contributed by atoms with Gasteiger partial charge >= 0.3 is 6.18 Å². The third kappa shape index (κ3) is 5.31. The minimum absolute atomic E-state index is 0.136. The Hall–Kier alpha value is -3.44. The maximum absolute atomic E-state index is 13.9. The van der Waals surface area contributed by atoms with E-state index in [2.05, 4.69) is 38.4 Å². The zero-order valence-electron chi connectivity index (χ0n) is 25.9. The number of anilines is 1. The van der Waals surface area contributed by atoms with Crippen molar-refractivity contribution in [1.82, 2.24) is 30.4 Å². The summed E-state index contributed by atoms with van der Waals surface area (Å²) in [6, 6.07) is 6.15. The number of halogens is 3. The fourth-order valence-corrected chi connectivity index (χ4v) is 7.70. The van der Waals surface area contributed by atoms with Crippen LogP contribution in [0, 0.1) is 12.3 Å². The number of H-pyrrole nitrogens is 1. The highest BCUT2D eigenvalue weighted by Crippen LogP contribution is 2.53. The quantitative estimate of drug-likeness (QED) is 0.262. The van der Waals surface area contributed by atoms with E-state index in [1.807, 2.05) is 19.1 Å². The van der Waals surface area contributed by atoms with Crippen molar-refractivity contribution in [2.75, 3.05) is 57.8 Å². The predicted molar refractivity (Wildman–Crippen MR) is 169 cm³/mol. The van der Waals surface area contributed by atoms with Crippen molar-refractivity contribution in [3.63, 3.8) is 0 Å². The molecule has 3 aliphatic heterocycles. The van der Waals surface area contributed by atoms with Crippen LogP contribution in [0.1, 0.15) is 67.3 Å². The van der Waals surface area contributed by atoms with Gasteiger partial charge in [0.25, 0.3) is 0 Å². The molecule has 0 amide bonds. The minimum Gasteiger partial charge on any atom is -0.481 e. The lowest BCUT2D eigenvalue weighted by Crippen LogP contribution is -2.58. The Morgan fingerprint density at radius 2 is 1.71 bits per heavy atom. The second kappa shape index (κ2) is 10.8. The van der Waals surface area contributed by atoms with Crippen molar-refractivity contribution in [3.05, 3.63) is 41.3 Å². The first kappa shape index (κ1) is 29.0. The number of likely N-dealkylation sites (tertiary alicyclic amines) is 1. The van der Waals surface area contributed by atoms with Crippen LogP contribution < -0.4 is 15.0 Å². The van der Waals surface area contributed by atoms with Gasteiger partial charge in [-0.25, -0.2) is 9.97 Å². The van der Waals surface area contributed by atoms with Gasteiger partial charge in [-0.3, -0.25) is 5.10 Å². The summed E-state index contributed by atoms with van der Waals surface area (Å²) >= 11 is 0. The van der Waals surface area contributed by atoms with E-state index in [0.717, 1.165) is 128 Å². The maximum Gasteiger partial charge on any atom is 0.422 e. The lowest BCUT2D eigenvalue weighted by molar-refractivity contribution is -0.153. The first-order valence-electron chi connectivity index (χ1n) is 16.3. The number of fused-ring (bicyclic) bond motifs is 2. The van der Waals surface area contributed by atoms with E-state index in [-0.39, 0.29) is 17.6 Å². The fourth-order valence-electron chi connectivity index (χ4n) is 7.70. The number of alkyl halides is 3. The normalized spacial score (nSPS) is 21.1. The van der Waals surface area contributed by atoms with Gasteiger partial charge in [-0.1, -0.05) is 6.07 Å². The van der Waals surface area contributed by atoms with Crippen LogP contribution in [0.25, 0.3) is 32.9 Å². The summed E-state index contributed by atoms with van der Waals surface area (Å²) in [6.45, 7) is 6.33. The van der Waals surface area contributed by atoms with Crippen LogP contribution in [-0.2, 0) is 0 Å². The molecule has 1 aliphatic carbocycles. The molecule has 4 fully saturated rings. The van der Waals surface area contributed by atoms with E-state index >= 15 is 0 Å². The molecule has 4 aliphatic rings. The molecule has 0 atom stereocenters. The van der Waals surface area contributed by atoms with Crippen molar-refractivity contribution in [2.45, 2.75) is 63.5 Å².